The zero-order valence-corrected chi connectivity index (χ0v) is 21.3. The van der Waals surface area contributed by atoms with Crippen molar-refractivity contribution in [1.82, 2.24) is 34.8 Å². The van der Waals surface area contributed by atoms with Gasteiger partial charge in [-0.05, 0) is 47.7 Å². The molecule has 0 saturated carbocycles. The van der Waals surface area contributed by atoms with Crippen molar-refractivity contribution >= 4 is 28.2 Å². The Labute approximate surface area is 215 Å². The van der Waals surface area contributed by atoms with Gasteiger partial charge in [0.25, 0.3) is 11.8 Å². The summed E-state index contributed by atoms with van der Waals surface area (Å²) in [6, 6.07) is 11.4. The van der Waals surface area contributed by atoms with E-state index in [2.05, 4.69) is 58.9 Å². The van der Waals surface area contributed by atoms with Crippen LogP contribution in [0.1, 0.15) is 12.3 Å². The fourth-order valence-electron chi connectivity index (χ4n) is 3.20. The highest BCUT2D eigenvalue weighted by atomic mass is 127. The predicted octanol–water partition coefficient (Wildman–Crippen LogP) is 5.66. The quantitative estimate of drug-likeness (QED) is 0.198. The molecule has 5 heterocycles. The first kappa shape index (κ1) is 24.2. The van der Waals surface area contributed by atoms with Gasteiger partial charge in [-0.25, -0.2) is 0 Å². The van der Waals surface area contributed by atoms with Crippen molar-refractivity contribution in [3.05, 3.63) is 91.5 Å². The normalized spacial score (nSPS) is 11.8. The topological polar surface area (TPSA) is 109 Å². The maximum absolute atomic E-state index is 5.23. The first-order valence-corrected chi connectivity index (χ1v) is 12.8. The van der Waals surface area contributed by atoms with Crippen LogP contribution >= 0.6 is 22.6 Å². The summed E-state index contributed by atoms with van der Waals surface area (Å²) >= 11 is 2.15. The number of rotatable bonds is 4. The van der Waals surface area contributed by atoms with Crippen molar-refractivity contribution < 1.29 is 9.05 Å². The number of hydrogen-bond acceptors (Lipinski definition) is 8. The number of nitrogens with zero attached hydrogens (tertiary/aromatic N) is 7. The third kappa shape index (κ3) is 5.96. The van der Waals surface area contributed by atoms with Crippen LogP contribution in [0.25, 0.3) is 39.9 Å². The lowest BCUT2D eigenvalue weighted by Gasteiger charge is -1.94. The van der Waals surface area contributed by atoms with E-state index in [1.807, 2.05) is 71.3 Å². The van der Waals surface area contributed by atoms with Gasteiger partial charge in [0, 0.05) is 54.7 Å². The molecule has 0 unspecified atom stereocenters. The van der Waals surface area contributed by atoms with E-state index in [-0.39, 0.29) is 0 Å². The maximum Gasteiger partial charge on any atom is 0.274 e. The van der Waals surface area contributed by atoms with E-state index in [4.69, 9.17) is 9.05 Å². The largest absolute Gasteiger partial charge is 0.347 e. The second-order valence-electron chi connectivity index (χ2n) is 7.16. The van der Waals surface area contributed by atoms with Gasteiger partial charge in [-0.3, -0.25) is 9.97 Å². The third-order valence-electron chi connectivity index (χ3n) is 4.90. The Bertz CT molecular complexity index is 1410. The summed E-state index contributed by atoms with van der Waals surface area (Å²) in [6.45, 7) is 0. The molecular weight excluding hydrogens is 557 g/mol. The monoisotopic (exact) mass is 579 g/mol. The van der Waals surface area contributed by atoms with Crippen LogP contribution in [0.2, 0.25) is 0 Å². The zero-order chi connectivity index (χ0) is 24.5. The molecule has 0 spiro atoms. The van der Waals surface area contributed by atoms with E-state index in [1.54, 1.807) is 24.8 Å². The summed E-state index contributed by atoms with van der Waals surface area (Å²) in [4.78, 5) is 18.7. The third-order valence-corrected chi connectivity index (χ3v) is 4.90. The van der Waals surface area contributed by atoms with Crippen LogP contribution in [0.3, 0.4) is 0 Å². The fourth-order valence-corrected chi connectivity index (χ4v) is 3.20. The molecular formula is C25H22IN7O2. The van der Waals surface area contributed by atoms with Crippen LogP contribution in [-0.4, -0.2) is 39.7 Å². The molecule has 0 amide bonds. The summed E-state index contributed by atoms with van der Waals surface area (Å²) in [5.74, 6) is 2.23. The average molecular weight is 579 g/mol. The van der Waals surface area contributed by atoms with Crippen LogP contribution in [0.15, 0.2) is 94.7 Å². The minimum absolute atomic E-state index is 0.511. The Morgan fingerprint density at radius 3 is 1.97 bits per heavy atom. The predicted molar refractivity (Wildman–Crippen MR) is 141 cm³/mol. The standard InChI is InChI=1S/C12H10N4O.C12H9N3O.CH3I/c1-16-7-3-5-10(16)12-14-11(15-17-12)9-4-2-6-13-8-9;1-2-5-9(4-1)12-14-11(15-16-12)10-6-3-7-13-8-10;1-2/h2-8H,1H3;1-4,6-8H,5H2;1H3. The molecule has 1 aliphatic carbocycles. The minimum Gasteiger partial charge on any atom is -0.347 e. The molecule has 0 fully saturated rings. The van der Waals surface area contributed by atoms with Crippen LogP contribution < -0.4 is 0 Å². The van der Waals surface area contributed by atoms with Gasteiger partial charge >= 0.3 is 0 Å². The van der Waals surface area contributed by atoms with E-state index in [0.717, 1.165) is 28.8 Å². The van der Waals surface area contributed by atoms with E-state index in [0.29, 0.717) is 23.4 Å². The van der Waals surface area contributed by atoms with Crippen LogP contribution in [0, 0.1) is 0 Å². The molecule has 0 radical (unpaired) electrons. The molecule has 6 rings (SSSR count). The molecule has 9 nitrogen and oxygen atoms in total. The van der Waals surface area contributed by atoms with Gasteiger partial charge < -0.3 is 13.6 Å². The van der Waals surface area contributed by atoms with Crippen molar-refractivity contribution in [3.63, 3.8) is 0 Å². The van der Waals surface area contributed by atoms with Crippen molar-refractivity contribution in [2.75, 3.05) is 4.93 Å². The summed E-state index contributed by atoms with van der Waals surface area (Å²) in [5, 5.41) is 7.88. The highest BCUT2D eigenvalue weighted by molar-refractivity contribution is 14.1. The summed E-state index contributed by atoms with van der Waals surface area (Å²) in [5.41, 5.74) is 3.66. The number of hydrogen-bond donors (Lipinski definition) is 0. The van der Waals surface area contributed by atoms with E-state index in [9.17, 15) is 0 Å². The Morgan fingerprint density at radius 2 is 1.46 bits per heavy atom. The minimum atomic E-state index is 0.511. The Kier molecular flexibility index (Phi) is 8.28. The first-order valence-electron chi connectivity index (χ1n) is 10.6. The van der Waals surface area contributed by atoms with Gasteiger partial charge in [0.1, 0.15) is 5.69 Å². The van der Waals surface area contributed by atoms with Crippen molar-refractivity contribution in [1.29, 1.82) is 0 Å². The van der Waals surface area contributed by atoms with Crippen LogP contribution in [0.4, 0.5) is 0 Å². The molecule has 5 aromatic rings. The van der Waals surface area contributed by atoms with E-state index < -0.39 is 0 Å². The smallest absolute Gasteiger partial charge is 0.274 e. The Hall–Kier alpha value is -3.93. The molecule has 10 heteroatoms. The average Bonchev–Trinajstić information content (AvgIpc) is 3.74. The lowest BCUT2D eigenvalue weighted by molar-refractivity contribution is 0.407. The molecule has 35 heavy (non-hydrogen) atoms. The molecule has 0 aliphatic heterocycles. The summed E-state index contributed by atoms with van der Waals surface area (Å²) < 4.78 is 12.4. The van der Waals surface area contributed by atoms with Gasteiger partial charge in [-0.15, -0.1) is 0 Å². The van der Waals surface area contributed by atoms with Crippen molar-refractivity contribution in [2.45, 2.75) is 6.42 Å². The number of pyridine rings is 2. The number of aromatic nitrogens is 7. The summed E-state index contributed by atoms with van der Waals surface area (Å²) in [6.07, 6.45) is 15.7. The molecule has 0 bridgehead atoms. The van der Waals surface area contributed by atoms with Crippen molar-refractivity contribution in [3.8, 4) is 34.4 Å². The molecule has 1 aliphatic rings. The second-order valence-corrected chi connectivity index (χ2v) is 7.16. The fraction of sp³-hybridized carbons (Fsp3) is 0.120. The maximum atomic E-state index is 5.23. The van der Waals surface area contributed by atoms with Crippen LogP contribution in [-0.2, 0) is 7.05 Å². The van der Waals surface area contributed by atoms with Gasteiger partial charge in [0.05, 0.1) is 0 Å². The lowest BCUT2D eigenvalue weighted by Crippen LogP contribution is -1.89. The highest BCUT2D eigenvalue weighted by Crippen LogP contribution is 2.24. The van der Waals surface area contributed by atoms with Gasteiger partial charge in [0.2, 0.25) is 11.6 Å². The molecule has 5 aromatic heterocycles. The second kappa shape index (κ2) is 12.0. The Morgan fingerprint density at radius 1 is 0.829 bits per heavy atom. The molecule has 0 aromatic carbocycles. The van der Waals surface area contributed by atoms with Crippen LogP contribution in [0.5, 0.6) is 0 Å². The number of allylic oxidation sites excluding steroid dienone is 4. The first-order chi connectivity index (χ1) is 17.3. The summed E-state index contributed by atoms with van der Waals surface area (Å²) in [7, 11) is 1.93. The van der Waals surface area contributed by atoms with Gasteiger partial charge in [-0.2, -0.15) is 9.97 Å². The number of halogens is 1. The lowest BCUT2D eigenvalue weighted by atomic mass is 10.2. The molecule has 176 valence electrons. The van der Waals surface area contributed by atoms with Crippen molar-refractivity contribution in [2.24, 2.45) is 7.05 Å². The number of alkyl halides is 1. The SMILES string of the molecule is C1=CCC(c2nc(-c3cccnc3)no2)=C1.CI.Cn1cccc1-c1nc(-c2cccnc2)no1. The Balaban J connectivity index is 0.000000155. The molecule has 0 saturated heterocycles. The highest BCUT2D eigenvalue weighted by Gasteiger charge is 2.13. The van der Waals surface area contributed by atoms with E-state index >= 15 is 0 Å². The van der Waals surface area contributed by atoms with Gasteiger partial charge in [-0.1, -0.05) is 51.1 Å². The van der Waals surface area contributed by atoms with Gasteiger partial charge in [0.15, 0.2) is 0 Å². The number of aryl methyl sites for hydroxylation is 1. The zero-order valence-electron chi connectivity index (χ0n) is 19.1. The van der Waals surface area contributed by atoms with E-state index in [1.165, 1.54) is 0 Å². The molecule has 0 atom stereocenters. The molecule has 0 N–H and O–H groups in total.